The number of rotatable bonds is 7. The van der Waals surface area contributed by atoms with Crippen LogP contribution in [0.4, 0.5) is 11.4 Å². The van der Waals surface area contributed by atoms with Crippen LogP contribution >= 0.6 is 0 Å². The molecular weight excluding hydrogens is 280 g/mol. The van der Waals surface area contributed by atoms with E-state index in [2.05, 4.69) is 36.5 Å². The second-order valence-corrected chi connectivity index (χ2v) is 5.11. The minimum Gasteiger partial charge on any atom is -0.392 e. The molecule has 0 aliphatic rings. The average molecular weight is 300 g/mol. The number of nitro groups is 1. The molecule has 0 aliphatic heterocycles. The number of benzene rings is 2. The molecule has 0 radical (unpaired) electrons. The molecule has 5 nitrogen and oxygen atoms in total. The molecule has 0 atom stereocenters. The Balaban J connectivity index is 2.02. The molecule has 0 saturated carbocycles. The van der Waals surface area contributed by atoms with Gasteiger partial charge in [0.1, 0.15) is 5.69 Å². The fourth-order valence-electron chi connectivity index (χ4n) is 2.27. The van der Waals surface area contributed by atoms with Crippen molar-refractivity contribution in [2.24, 2.45) is 0 Å². The molecule has 0 spiro atoms. The summed E-state index contributed by atoms with van der Waals surface area (Å²) in [5.41, 5.74) is 3.61. The average Bonchev–Trinajstić information content (AvgIpc) is 2.55. The molecule has 0 bridgehead atoms. The normalized spacial score (nSPS) is 10.5. The summed E-state index contributed by atoms with van der Waals surface area (Å²) < 4.78 is 0. The Labute approximate surface area is 129 Å². The Bertz CT molecular complexity index is 639. The zero-order valence-corrected chi connectivity index (χ0v) is 12.6. The van der Waals surface area contributed by atoms with E-state index in [9.17, 15) is 10.1 Å². The SMILES string of the molecule is CCc1ccc(CCNc2cc(CO)ccc2[N+](=O)[O-])cc1. The van der Waals surface area contributed by atoms with Crippen LogP contribution in [-0.2, 0) is 19.4 Å². The van der Waals surface area contributed by atoms with Crippen molar-refractivity contribution in [3.8, 4) is 0 Å². The van der Waals surface area contributed by atoms with Crippen LogP contribution in [-0.4, -0.2) is 16.6 Å². The van der Waals surface area contributed by atoms with Gasteiger partial charge in [-0.05, 0) is 41.7 Å². The number of hydrogen-bond donors (Lipinski definition) is 2. The van der Waals surface area contributed by atoms with E-state index >= 15 is 0 Å². The highest BCUT2D eigenvalue weighted by Crippen LogP contribution is 2.25. The van der Waals surface area contributed by atoms with Crippen molar-refractivity contribution >= 4 is 11.4 Å². The van der Waals surface area contributed by atoms with Gasteiger partial charge in [-0.15, -0.1) is 0 Å². The van der Waals surface area contributed by atoms with Crippen molar-refractivity contribution in [3.05, 3.63) is 69.3 Å². The number of anilines is 1. The Hall–Kier alpha value is -2.40. The molecule has 2 rings (SSSR count). The molecule has 2 N–H and O–H groups in total. The summed E-state index contributed by atoms with van der Waals surface area (Å²) in [6, 6.07) is 13.0. The summed E-state index contributed by atoms with van der Waals surface area (Å²) in [5.74, 6) is 0. The Morgan fingerprint density at radius 1 is 1.09 bits per heavy atom. The van der Waals surface area contributed by atoms with Crippen molar-refractivity contribution in [2.45, 2.75) is 26.4 Å². The van der Waals surface area contributed by atoms with E-state index < -0.39 is 4.92 Å². The highest BCUT2D eigenvalue weighted by molar-refractivity contribution is 5.62. The lowest BCUT2D eigenvalue weighted by molar-refractivity contribution is -0.384. The van der Waals surface area contributed by atoms with Gasteiger partial charge in [0.2, 0.25) is 0 Å². The van der Waals surface area contributed by atoms with E-state index in [1.807, 2.05) is 0 Å². The first kappa shape index (κ1) is 16.0. The molecule has 5 heteroatoms. The first-order chi connectivity index (χ1) is 10.6. The van der Waals surface area contributed by atoms with Crippen molar-refractivity contribution < 1.29 is 10.0 Å². The van der Waals surface area contributed by atoms with Gasteiger partial charge in [-0.3, -0.25) is 10.1 Å². The van der Waals surface area contributed by atoms with E-state index in [1.54, 1.807) is 12.1 Å². The summed E-state index contributed by atoms with van der Waals surface area (Å²) >= 11 is 0. The van der Waals surface area contributed by atoms with E-state index in [-0.39, 0.29) is 12.3 Å². The standard InChI is InChI=1S/C17H20N2O3/c1-2-13-3-5-14(6-4-13)9-10-18-16-11-15(12-20)7-8-17(16)19(21)22/h3-8,11,18,20H,2,9-10,12H2,1H3. The number of nitro benzene ring substituents is 1. The van der Waals surface area contributed by atoms with Crippen molar-refractivity contribution in [1.29, 1.82) is 0 Å². The maximum atomic E-state index is 11.0. The van der Waals surface area contributed by atoms with Crippen LogP contribution in [0.3, 0.4) is 0 Å². The van der Waals surface area contributed by atoms with Gasteiger partial charge in [0.25, 0.3) is 5.69 Å². The summed E-state index contributed by atoms with van der Waals surface area (Å²) in [6.45, 7) is 2.58. The Morgan fingerprint density at radius 2 is 1.73 bits per heavy atom. The summed E-state index contributed by atoms with van der Waals surface area (Å²) in [5, 5.41) is 23.3. The molecular formula is C17H20N2O3. The van der Waals surface area contributed by atoms with Crippen LogP contribution in [0.5, 0.6) is 0 Å². The lowest BCUT2D eigenvalue weighted by atomic mass is 10.1. The number of nitrogens with zero attached hydrogens (tertiary/aromatic N) is 1. The van der Waals surface area contributed by atoms with Crippen molar-refractivity contribution in [3.63, 3.8) is 0 Å². The van der Waals surface area contributed by atoms with E-state index in [0.717, 1.165) is 12.8 Å². The van der Waals surface area contributed by atoms with Gasteiger partial charge in [0.15, 0.2) is 0 Å². The minimum absolute atomic E-state index is 0.0264. The third-order valence-corrected chi connectivity index (χ3v) is 3.60. The third-order valence-electron chi connectivity index (χ3n) is 3.60. The van der Waals surface area contributed by atoms with E-state index in [4.69, 9.17) is 5.11 Å². The minimum atomic E-state index is -0.417. The second kappa shape index (κ2) is 7.56. The predicted molar refractivity (Wildman–Crippen MR) is 87.0 cm³/mol. The lowest BCUT2D eigenvalue weighted by Gasteiger charge is -2.09. The Morgan fingerprint density at radius 3 is 2.32 bits per heavy atom. The van der Waals surface area contributed by atoms with E-state index in [0.29, 0.717) is 17.8 Å². The van der Waals surface area contributed by atoms with Gasteiger partial charge in [0.05, 0.1) is 11.5 Å². The highest BCUT2D eigenvalue weighted by Gasteiger charge is 2.13. The molecule has 22 heavy (non-hydrogen) atoms. The first-order valence-electron chi connectivity index (χ1n) is 7.34. The predicted octanol–water partition coefficient (Wildman–Crippen LogP) is 3.30. The summed E-state index contributed by atoms with van der Waals surface area (Å²) in [6.07, 6.45) is 1.79. The number of aliphatic hydroxyl groups excluding tert-OH is 1. The van der Waals surface area contributed by atoms with Crippen molar-refractivity contribution in [2.75, 3.05) is 11.9 Å². The van der Waals surface area contributed by atoms with Crippen LogP contribution in [0.1, 0.15) is 23.6 Å². The summed E-state index contributed by atoms with van der Waals surface area (Å²) in [4.78, 5) is 10.6. The lowest BCUT2D eigenvalue weighted by Crippen LogP contribution is -2.07. The second-order valence-electron chi connectivity index (χ2n) is 5.11. The van der Waals surface area contributed by atoms with Gasteiger partial charge in [-0.25, -0.2) is 0 Å². The largest absolute Gasteiger partial charge is 0.392 e. The monoisotopic (exact) mass is 300 g/mol. The number of nitrogens with one attached hydrogen (secondary N) is 1. The van der Waals surface area contributed by atoms with Gasteiger partial charge in [-0.1, -0.05) is 31.2 Å². The fourth-order valence-corrected chi connectivity index (χ4v) is 2.27. The van der Waals surface area contributed by atoms with Crippen LogP contribution in [0.2, 0.25) is 0 Å². The first-order valence-corrected chi connectivity index (χ1v) is 7.34. The van der Waals surface area contributed by atoms with Crippen LogP contribution in [0.25, 0.3) is 0 Å². The van der Waals surface area contributed by atoms with Gasteiger partial charge >= 0.3 is 0 Å². The zero-order chi connectivity index (χ0) is 15.9. The molecule has 0 aromatic heterocycles. The fraction of sp³-hybridized carbons (Fsp3) is 0.294. The highest BCUT2D eigenvalue weighted by atomic mass is 16.6. The van der Waals surface area contributed by atoms with E-state index in [1.165, 1.54) is 17.2 Å². The van der Waals surface area contributed by atoms with Gasteiger partial charge in [-0.2, -0.15) is 0 Å². The molecule has 0 saturated heterocycles. The third kappa shape index (κ3) is 4.05. The Kier molecular flexibility index (Phi) is 5.49. The maximum Gasteiger partial charge on any atom is 0.292 e. The molecule has 0 amide bonds. The number of aryl methyl sites for hydroxylation is 1. The quantitative estimate of drug-likeness (QED) is 0.607. The number of hydrogen-bond acceptors (Lipinski definition) is 4. The van der Waals surface area contributed by atoms with Gasteiger partial charge < -0.3 is 10.4 Å². The molecule has 2 aromatic carbocycles. The van der Waals surface area contributed by atoms with Crippen LogP contribution < -0.4 is 5.32 Å². The summed E-state index contributed by atoms with van der Waals surface area (Å²) in [7, 11) is 0. The molecule has 116 valence electrons. The molecule has 0 unspecified atom stereocenters. The smallest absolute Gasteiger partial charge is 0.292 e. The zero-order valence-electron chi connectivity index (χ0n) is 12.6. The molecule has 2 aromatic rings. The topological polar surface area (TPSA) is 75.4 Å². The van der Waals surface area contributed by atoms with Gasteiger partial charge in [0, 0.05) is 12.6 Å². The number of aliphatic hydroxyl groups is 1. The van der Waals surface area contributed by atoms with Crippen LogP contribution in [0, 0.1) is 10.1 Å². The van der Waals surface area contributed by atoms with Crippen LogP contribution in [0.15, 0.2) is 42.5 Å². The maximum absolute atomic E-state index is 11.0. The molecule has 0 fully saturated rings. The molecule has 0 heterocycles. The van der Waals surface area contributed by atoms with Crippen molar-refractivity contribution in [1.82, 2.24) is 0 Å². The molecule has 0 aliphatic carbocycles.